The summed E-state index contributed by atoms with van der Waals surface area (Å²) in [6.45, 7) is 2.26. The Hall–Kier alpha value is -2.16. The molecule has 1 unspecified atom stereocenters. The molecule has 24 heavy (non-hydrogen) atoms. The van der Waals surface area contributed by atoms with Crippen LogP contribution in [0.3, 0.4) is 0 Å². The lowest BCUT2D eigenvalue weighted by atomic mass is 10.2. The summed E-state index contributed by atoms with van der Waals surface area (Å²) in [5, 5.41) is 9.82. The molecule has 0 radical (unpaired) electrons. The maximum Gasteiger partial charge on any atom is 0.230 e. The van der Waals surface area contributed by atoms with Gasteiger partial charge in [0, 0.05) is 19.8 Å². The summed E-state index contributed by atoms with van der Waals surface area (Å²) in [6, 6.07) is 7.78. The molecular weight excluding hydrogens is 330 g/mol. The second-order valence-corrected chi connectivity index (χ2v) is 5.89. The second-order valence-electron chi connectivity index (χ2n) is 5.55. The van der Waals surface area contributed by atoms with Crippen molar-refractivity contribution >= 4 is 23.5 Å². The highest BCUT2D eigenvalue weighted by atomic mass is 35.5. The Labute approximate surface area is 145 Å². The molecule has 1 aliphatic heterocycles. The van der Waals surface area contributed by atoms with Crippen molar-refractivity contribution in [2.45, 2.75) is 12.7 Å². The molecule has 1 aromatic carbocycles. The first-order valence-electron chi connectivity index (χ1n) is 7.59. The molecule has 3 rings (SSSR count). The zero-order chi connectivity index (χ0) is 16.9. The quantitative estimate of drug-likeness (QED) is 0.721. The third-order valence-electron chi connectivity index (χ3n) is 3.62. The molecule has 2 aromatic rings. The average molecular weight is 350 g/mol. The van der Waals surface area contributed by atoms with Crippen LogP contribution >= 0.6 is 11.6 Å². The third kappa shape index (κ3) is 4.44. The number of rotatable bonds is 6. The normalized spacial score (nSPS) is 17.7. The van der Waals surface area contributed by atoms with Crippen LogP contribution in [0, 0.1) is 0 Å². The van der Waals surface area contributed by atoms with E-state index < -0.39 is 0 Å². The van der Waals surface area contributed by atoms with Gasteiger partial charge < -0.3 is 15.4 Å². The van der Waals surface area contributed by atoms with Gasteiger partial charge in [0.2, 0.25) is 17.2 Å². The molecular formula is C15H20ClN7O. The van der Waals surface area contributed by atoms with Crippen LogP contribution in [0.2, 0.25) is 5.28 Å². The molecule has 8 nitrogen and oxygen atoms in total. The third-order valence-corrected chi connectivity index (χ3v) is 3.79. The topological polar surface area (TPSA) is 87.2 Å². The van der Waals surface area contributed by atoms with E-state index >= 15 is 0 Å². The molecule has 3 N–H and O–H groups in total. The van der Waals surface area contributed by atoms with Crippen molar-refractivity contribution in [3.8, 4) is 5.75 Å². The highest BCUT2D eigenvalue weighted by Gasteiger charge is 2.19. The number of methoxy groups -OCH3 is 1. The van der Waals surface area contributed by atoms with Crippen LogP contribution in [0.25, 0.3) is 0 Å². The van der Waals surface area contributed by atoms with Crippen LogP contribution < -0.4 is 20.7 Å². The number of hydrogen-bond donors (Lipinski definition) is 3. The van der Waals surface area contributed by atoms with Gasteiger partial charge in [0.25, 0.3) is 0 Å². The number of halogens is 1. The summed E-state index contributed by atoms with van der Waals surface area (Å²) in [6.07, 6.45) is 0.0860. The molecule has 0 saturated carbocycles. The predicted molar refractivity (Wildman–Crippen MR) is 93.2 cm³/mol. The predicted octanol–water partition coefficient (Wildman–Crippen LogP) is 1.38. The fourth-order valence-corrected chi connectivity index (χ4v) is 2.54. The summed E-state index contributed by atoms with van der Waals surface area (Å²) in [5.74, 6) is 1.70. The Morgan fingerprint density at radius 3 is 2.67 bits per heavy atom. The maximum absolute atomic E-state index is 6.00. The molecule has 1 atom stereocenters. The van der Waals surface area contributed by atoms with Gasteiger partial charge in [-0.2, -0.15) is 15.0 Å². The minimum atomic E-state index is 0.0860. The molecule has 0 amide bonds. The van der Waals surface area contributed by atoms with Gasteiger partial charge in [-0.05, 0) is 36.3 Å². The number of benzene rings is 1. The van der Waals surface area contributed by atoms with Crippen molar-refractivity contribution < 1.29 is 4.74 Å². The molecule has 1 fully saturated rings. The van der Waals surface area contributed by atoms with Crippen LogP contribution in [0.1, 0.15) is 5.56 Å². The number of anilines is 2. The summed E-state index contributed by atoms with van der Waals surface area (Å²) in [4.78, 5) is 14.7. The van der Waals surface area contributed by atoms with E-state index in [9.17, 15) is 0 Å². The van der Waals surface area contributed by atoms with Gasteiger partial charge >= 0.3 is 0 Å². The van der Waals surface area contributed by atoms with Crippen molar-refractivity contribution in [3.63, 3.8) is 0 Å². The van der Waals surface area contributed by atoms with Crippen LogP contribution in [0.5, 0.6) is 5.75 Å². The zero-order valence-corrected chi connectivity index (χ0v) is 14.3. The van der Waals surface area contributed by atoms with Crippen molar-refractivity contribution in [2.24, 2.45) is 0 Å². The Balaban J connectivity index is 1.62. The van der Waals surface area contributed by atoms with E-state index in [2.05, 4.69) is 35.8 Å². The van der Waals surface area contributed by atoms with Gasteiger partial charge in [-0.15, -0.1) is 0 Å². The van der Waals surface area contributed by atoms with Gasteiger partial charge in [0.15, 0.2) is 0 Å². The number of hydrogen-bond acceptors (Lipinski definition) is 8. The van der Waals surface area contributed by atoms with Gasteiger partial charge in [0.05, 0.1) is 13.3 Å². The summed E-state index contributed by atoms with van der Waals surface area (Å²) >= 11 is 6.00. The van der Waals surface area contributed by atoms with Crippen LogP contribution in [0.4, 0.5) is 11.9 Å². The lowest BCUT2D eigenvalue weighted by molar-refractivity contribution is 0.408. The van der Waals surface area contributed by atoms with Gasteiger partial charge in [-0.3, -0.25) is 10.2 Å². The maximum atomic E-state index is 6.00. The van der Waals surface area contributed by atoms with Gasteiger partial charge in [-0.1, -0.05) is 12.1 Å². The van der Waals surface area contributed by atoms with Crippen molar-refractivity contribution in [2.75, 3.05) is 38.0 Å². The van der Waals surface area contributed by atoms with E-state index in [-0.39, 0.29) is 11.4 Å². The molecule has 2 heterocycles. The molecule has 0 spiro atoms. The van der Waals surface area contributed by atoms with E-state index in [0.29, 0.717) is 18.4 Å². The number of aromatic nitrogens is 3. The van der Waals surface area contributed by atoms with E-state index in [0.717, 1.165) is 24.5 Å². The Morgan fingerprint density at radius 1 is 1.25 bits per heavy atom. The number of nitrogens with one attached hydrogen (secondary N) is 3. The highest BCUT2D eigenvalue weighted by molar-refractivity contribution is 6.28. The highest BCUT2D eigenvalue weighted by Crippen LogP contribution is 2.14. The minimum absolute atomic E-state index is 0.0860. The Bertz CT molecular complexity index is 682. The van der Waals surface area contributed by atoms with E-state index in [1.54, 1.807) is 7.11 Å². The van der Waals surface area contributed by atoms with Crippen LogP contribution in [-0.4, -0.2) is 53.4 Å². The largest absolute Gasteiger partial charge is 0.497 e. The minimum Gasteiger partial charge on any atom is -0.497 e. The fourth-order valence-electron chi connectivity index (χ4n) is 2.38. The first-order chi connectivity index (χ1) is 11.6. The smallest absolute Gasteiger partial charge is 0.230 e. The summed E-state index contributed by atoms with van der Waals surface area (Å²) in [5.41, 5.74) is 1.08. The first kappa shape index (κ1) is 16.7. The Kier molecular flexibility index (Phi) is 5.29. The lowest BCUT2D eigenvalue weighted by Gasteiger charge is -2.13. The van der Waals surface area contributed by atoms with Gasteiger partial charge in [0.1, 0.15) is 5.75 Å². The first-order valence-corrected chi connectivity index (χ1v) is 7.97. The SMILES string of the molecule is COc1ccc(CNc2nc(Cl)nc(NC3CN(C)CN3)n2)cc1. The summed E-state index contributed by atoms with van der Waals surface area (Å²) in [7, 11) is 3.68. The number of ether oxygens (including phenoxy) is 1. The van der Waals surface area contributed by atoms with Gasteiger partial charge in [-0.25, -0.2) is 0 Å². The Morgan fingerprint density at radius 2 is 2.00 bits per heavy atom. The summed E-state index contributed by atoms with van der Waals surface area (Å²) < 4.78 is 5.15. The molecule has 1 saturated heterocycles. The van der Waals surface area contributed by atoms with Crippen molar-refractivity contribution in [1.29, 1.82) is 0 Å². The molecule has 1 aliphatic rings. The molecule has 9 heteroatoms. The van der Waals surface area contributed by atoms with E-state index in [1.165, 1.54) is 0 Å². The average Bonchev–Trinajstić information content (AvgIpc) is 2.98. The molecule has 0 aliphatic carbocycles. The molecule has 128 valence electrons. The second kappa shape index (κ2) is 7.61. The monoisotopic (exact) mass is 349 g/mol. The molecule has 0 bridgehead atoms. The standard InChI is InChI=1S/C15H20ClN7O/c1-23-8-12(18-9-23)19-15-21-13(16)20-14(22-15)17-7-10-3-5-11(24-2)6-4-10/h3-6,12,18H,7-9H2,1-2H3,(H2,17,19,20,21,22). The van der Waals surface area contributed by atoms with Crippen LogP contribution in [0.15, 0.2) is 24.3 Å². The zero-order valence-electron chi connectivity index (χ0n) is 13.6. The van der Waals surface area contributed by atoms with Crippen LogP contribution in [-0.2, 0) is 6.54 Å². The lowest BCUT2D eigenvalue weighted by Crippen LogP contribution is -2.33. The van der Waals surface area contributed by atoms with E-state index in [4.69, 9.17) is 16.3 Å². The number of likely N-dealkylation sites (N-methyl/N-ethyl adjacent to an activating group) is 1. The molecule has 1 aromatic heterocycles. The van der Waals surface area contributed by atoms with E-state index in [1.807, 2.05) is 31.3 Å². The number of nitrogens with zero attached hydrogens (tertiary/aromatic N) is 4. The van der Waals surface area contributed by atoms with Crippen molar-refractivity contribution in [1.82, 2.24) is 25.2 Å². The van der Waals surface area contributed by atoms with Crippen molar-refractivity contribution in [3.05, 3.63) is 35.1 Å². The fraction of sp³-hybridized carbons (Fsp3) is 0.400.